The van der Waals surface area contributed by atoms with Gasteiger partial charge in [0.1, 0.15) is 0 Å². The number of allylic oxidation sites excluding steroid dienone is 2. The summed E-state index contributed by atoms with van der Waals surface area (Å²) in [6.45, 7) is 4.60. The highest BCUT2D eigenvalue weighted by Crippen LogP contribution is 2.43. The van der Waals surface area contributed by atoms with Crippen LogP contribution in [0.4, 0.5) is 0 Å². The third-order valence-electron chi connectivity index (χ3n) is 3.25. The van der Waals surface area contributed by atoms with Crippen molar-refractivity contribution in [3.05, 3.63) is 12.2 Å². The Bertz CT molecular complexity index is 152. The van der Waals surface area contributed by atoms with Crippen LogP contribution in [0.2, 0.25) is 0 Å². The molecule has 0 fully saturated rings. The summed E-state index contributed by atoms with van der Waals surface area (Å²) in [6, 6.07) is 0. The van der Waals surface area contributed by atoms with E-state index >= 15 is 0 Å². The molecule has 0 N–H and O–H groups in total. The summed E-state index contributed by atoms with van der Waals surface area (Å²) >= 11 is 6.06. The fraction of sp³-hybridized carbons (Fsp3) is 0.818. The van der Waals surface area contributed by atoms with Crippen molar-refractivity contribution >= 4 is 11.6 Å². The molecular weight excluding hydrogens is 168 g/mol. The molecule has 1 rings (SSSR count). The van der Waals surface area contributed by atoms with E-state index in [0.717, 1.165) is 11.8 Å². The third kappa shape index (κ3) is 1.85. The molecule has 1 aliphatic carbocycles. The number of alkyl halides is 1. The summed E-state index contributed by atoms with van der Waals surface area (Å²) < 4.78 is 0. The lowest BCUT2D eigenvalue weighted by molar-refractivity contribution is 0.211. The van der Waals surface area contributed by atoms with Crippen LogP contribution in [0.1, 0.15) is 39.5 Å². The van der Waals surface area contributed by atoms with Gasteiger partial charge in [0.15, 0.2) is 0 Å². The van der Waals surface area contributed by atoms with Crippen LogP contribution in [-0.4, -0.2) is 5.88 Å². The number of hydrogen-bond donors (Lipinski definition) is 0. The molecule has 0 amide bonds. The largest absolute Gasteiger partial charge is 0.126 e. The molecule has 0 saturated heterocycles. The van der Waals surface area contributed by atoms with Gasteiger partial charge in [-0.2, -0.15) is 0 Å². The maximum absolute atomic E-state index is 6.06. The molecule has 0 aromatic carbocycles. The summed E-state index contributed by atoms with van der Waals surface area (Å²) in [4.78, 5) is 0. The highest BCUT2D eigenvalue weighted by atomic mass is 35.5. The van der Waals surface area contributed by atoms with Gasteiger partial charge in [0.2, 0.25) is 0 Å². The molecule has 0 aromatic rings. The smallest absolute Gasteiger partial charge is 0.0288 e. The molecule has 1 aliphatic rings. The summed E-state index contributed by atoms with van der Waals surface area (Å²) in [6.07, 6.45) is 9.55. The lowest BCUT2D eigenvalue weighted by Crippen LogP contribution is -2.27. The molecule has 0 aromatic heterocycles. The first-order chi connectivity index (χ1) is 5.75. The summed E-state index contributed by atoms with van der Waals surface area (Å²) in [7, 11) is 0. The molecule has 0 aliphatic heterocycles. The van der Waals surface area contributed by atoms with Crippen molar-refractivity contribution in [3.63, 3.8) is 0 Å². The highest BCUT2D eigenvalue weighted by Gasteiger charge is 2.34. The fourth-order valence-corrected chi connectivity index (χ4v) is 2.58. The van der Waals surface area contributed by atoms with E-state index in [1.165, 1.54) is 25.7 Å². The first kappa shape index (κ1) is 10.1. The maximum atomic E-state index is 6.06. The van der Waals surface area contributed by atoms with E-state index in [0.29, 0.717) is 5.41 Å². The van der Waals surface area contributed by atoms with E-state index in [-0.39, 0.29) is 0 Å². The van der Waals surface area contributed by atoms with Crippen LogP contribution in [0.3, 0.4) is 0 Å². The Morgan fingerprint density at radius 3 is 2.42 bits per heavy atom. The Kier molecular flexibility index (Phi) is 3.64. The zero-order chi connectivity index (χ0) is 9.03. The lowest BCUT2D eigenvalue weighted by atomic mass is 9.74. The second kappa shape index (κ2) is 4.32. The summed E-state index contributed by atoms with van der Waals surface area (Å²) in [5.74, 6) is 1.59. The first-order valence-corrected chi connectivity index (χ1v) is 5.49. The van der Waals surface area contributed by atoms with Gasteiger partial charge < -0.3 is 0 Å². The predicted molar refractivity (Wildman–Crippen MR) is 55.6 cm³/mol. The Morgan fingerprint density at radius 1 is 1.42 bits per heavy atom. The number of halogens is 1. The Morgan fingerprint density at radius 2 is 2.00 bits per heavy atom. The van der Waals surface area contributed by atoms with Crippen molar-refractivity contribution in [3.8, 4) is 0 Å². The van der Waals surface area contributed by atoms with Crippen LogP contribution in [0.5, 0.6) is 0 Å². The molecule has 1 atom stereocenters. The van der Waals surface area contributed by atoms with E-state index in [1.54, 1.807) is 0 Å². The Balaban J connectivity index is 2.54. The average Bonchev–Trinajstić information content (AvgIpc) is 2.54. The molecule has 70 valence electrons. The zero-order valence-corrected chi connectivity index (χ0v) is 8.90. The molecule has 1 unspecified atom stereocenters. The van der Waals surface area contributed by atoms with Gasteiger partial charge in [-0.25, -0.2) is 0 Å². The van der Waals surface area contributed by atoms with E-state index in [1.807, 2.05) is 0 Å². The molecule has 0 nitrogen and oxygen atoms in total. The SMILES string of the molecule is CCCC(C)C1(CCl)CC=CC1. The molecular formula is C11H19Cl. The van der Waals surface area contributed by atoms with Crippen molar-refractivity contribution in [1.29, 1.82) is 0 Å². The van der Waals surface area contributed by atoms with Gasteiger partial charge in [-0.3, -0.25) is 0 Å². The first-order valence-electron chi connectivity index (χ1n) is 4.96. The Hall–Kier alpha value is 0.0300. The minimum atomic E-state index is 0.400. The topological polar surface area (TPSA) is 0 Å². The Labute approximate surface area is 81.0 Å². The highest BCUT2D eigenvalue weighted by molar-refractivity contribution is 6.18. The monoisotopic (exact) mass is 186 g/mol. The van der Waals surface area contributed by atoms with E-state index in [2.05, 4.69) is 26.0 Å². The quantitative estimate of drug-likeness (QED) is 0.460. The van der Waals surface area contributed by atoms with Crippen LogP contribution in [0.15, 0.2) is 12.2 Å². The molecule has 0 radical (unpaired) electrons. The van der Waals surface area contributed by atoms with Crippen LogP contribution < -0.4 is 0 Å². The molecule has 0 saturated carbocycles. The number of hydrogen-bond acceptors (Lipinski definition) is 0. The number of rotatable bonds is 4. The molecule has 0 bridgehead atoms. The van der Waals surface area contributed by atoms with E-state index in [4.69, 9.17) is 11.6 Å². The van der Waals surface area contributed by atoms with Crippen LogP contribution >= 0.6 is 11.6 Å². The van der Waals surface area contributed by atoms with Crippen molar-refractivity contribution < 1.29 is 0 Å². The van der Waals surface area contributed by atoms with Gasteiger partial charge in [0.25, 0.3) is 0 Å². The second-order valence-corrected chi connectivity index (χ2v) is 4.33. The average molecular weight is 187 g/mol. The molecule has 12 heavy (non-hydrogen) atoms. The fourth-order valence-electron chi connectivity index (χ4n) is 2.10. The van der Waals surface area contributed by atoms with Crippen LogP contribution in [0.25, 0.3) is 0 Å². The van der Waals surface area contributed by atoms with Gasteiger partial charge >= 0.3 is 0 Å². The molecule has 0 spiro atoms. The van der Waals surface area contributed by atoms with Gasteiger partial charge in [0, 0.05) is 5.88 Å². The van der Waals surface area contributed by atoms with Crippen LogP contribution in [-0.2, 0) is 0 Å². The van der Waals surface area contributed by atoms with Gasteiger partial charge in [0.05, 0.1) is 0 Å². The second-order valence-electron chi connectivity index (χ2n) is 4.07. The summed E-state index contributed by atoms with van der Waals surface area (Å²) in [5, 5.41) is 0. The van der Waals surface area contributed by atoms with Crippen molar-refractivity contribution in [2.24, 2.45) is 11.3 Å². The maximum Gasteiger partial charge on any atom is 0.0288 e. The van der Waals surface area contributed by atoms with Crippen molar-refractivity contribution in [2.75, 3.05) is 5.88 Å². The normalized spacial score (nSPS) is 22.9. The van der Waals surface area contributed by atoms with Crippen LogP contribution in [0, 0.1) is 11.3 Å². The minimum absolute atomic E-state index is 0.400. The van der Waals surface area contributed by atoms with Crippen molar-refractivity contribution in [1.82, 2.24) is 0 Å². The van der Waals surface area contributed by atoms with Gasteiger partial charge in [-0.1, -0.05) is 38.8 Å². The zero-order valence-electron chi connectivity index (χ0n) is 8.15. The molecule has 1 heteroatoms. The standard InChI is InChI=1S/C11H19Cl/c1-3-6-10(2)11(9-12)7-4-5-8-11/h4-5,10H,3,6-9H2,1-2H3. The van der Waals surface area contributed by atoms with Gasteiger partial charge in [-0.05, 0) is 24.2 Å². The predicted octanol–water partition coefficient (Wildman–Crippen LogP) is 4.00. The van der Waals surface area contributed by atoms with E-state index in [9.17, 15) is 0 Å². The van der Waals surface area contributed by atoms with Crippen molar-refractivity contribution in [2.45, 2.75) is 39.5 Å². The van der Waals surface area contributed by atoms with E-state index < -0.39 is 0 Å². The lowest BCUT2D eigenvalue weighted by Gasteiger charge is -2.33. The molecule has 0 heterocycles. The minimum Gasteiger partial charge on any atom is -0.126 e. The summed E-state index contributed by atoms with van der Waals surface area (Å²) in [5.41, 5.74) is 0.400. The van der Waals surface area contributed by atoms with Gasteiger partial charge in [-0.15, -0.1) is 11.6 Å². The third-order valence-corrected chi connectivity index (χ3v) is 3.78.